The molecule has 16 heavy (non-hydrogen) atoms. The van der Waals surface area contributed by atoms with Gasteiger partial charge in [-0.3, -0.25) is 4.79 Å². The fourth-order valence-electron chi connectivity index (χ4n) is 2.07. The minimum absolute atomic E-state index is 0.121. The van der Waals surface area contributed by atoms with Crippen LogP contribution >= 0.6 is 15.9 Å². The second kappa shape index (κ2) is 5.01. The number of halogens is 1. The molecule has 0 aromatic carbocycles. The monoisotopic (exact) mass is 286 g/mol. The van der Waals surface area contributed by atoms with E-state index in [1.165, 1.54) is 0 Å². The fourth-order valence-corrected chi connectivity index (χ4v) is 2.42. The van der Waals surface area contributed by atoms with E-state index in [0.29, 0.717) is 12.2 Å². The average molecular weight is 287 g/mol. The van der Waals surface area contributed by atoms with Crippen molar-refractivity contribution in [3.8, 4) is 0 Å². The molecule has 1 aliphatic rings. The van der Waals surface area contributed by atoms with Crippen molar-refractivity contribution in [3.05, 3.63) is 22.4 Å². The Morgan fingerprint density at radius 1 is 1.62 bits per heavy atom. The lowest BCUT2D eigenvalue weighted by atomic mass is 10.1. The van der Waals surface area contributed by atoms with Crippen molar-refractivity contribution in [2.24, 2.45) is 5.92 Å². The van der Waals surface area contributed by atoms with Crippen LogP contribution in [-0.4, -0.2) is 28.6 Å². The zero-order valence-corrected chi connectivity index (χ0v) is 10.5. The minimum Gasteiger partial charge on any atom is -0.393 e. The zero-order valence-electron chi connectivity index (χ0n) is 8.87. The summed E-state index contributed by atoms with van der Waals surface area (Å²) in [7, 11) is 0. The number of nitrogens with one attached hydrogen (secondary N) is 2. The van der Waals surface area contributed by atoms with Crippen LogP contribution < -0.4 is 5.32 Å². The van der Waals surface area contributed by atoms with Gasteiger partial charge in [-0.15, -0.1) is 0 Å². The normalized spacial score (nSPS) is 24.6. The topological polar surface area (TPSA) is 65.1 Å². The van der Waals surface area contributed by atoms with Gasteiger partial charge < -0.3 is 15.4 Å². The summed E-state index contributed by atoms with van der Waals surface area (Å²) in [5.74, 6) is 0.0900. The van der Waals surface area contributed by atoms with Crippen molar-refractivity contribution >= 4 is 21.8 Å². The number of aromatic amines is 1. The Hall–Kier alpha value is -0.810. The van der Waals surface area contributed by atoms with Crippen LogP contribution in [0.1, 0.15) is 29.8 Å². The highest BCUT2D eigenvalue weighted by atomic mass is 79.9. The first-order valence-electron chi connectivity index (χ1n) is 5.47. The van der Waals surface area contributed by atoms with Gasteiger partial charge in [-0.05, 0) is 34.8 Å². The molecule has 2 unspecified atom stereocenters. The number of amides is 1. The van der Waals surface area contributed by atoms with E-state index in [4.69, 9.17) is 0 Å². The molecule has 5 heteroatoms. The summed E-state index contributed by atoms with van der Waals surface area (Å²) in [6.45, 7) is 0.552. The molecule has 1 fully saturated rings. The standard InChI is InChI=1S/C11H15BrN2O2/c12-8-4-9(13-6-8)11(16)14-5-7-2-1-3-10(7)15/h4,6-7,10,13,15H,1-3,5H2,(H,14,16). The molecule has 1 amide bonds. The van der Waals surface area contributed by atoms with Gasteiger partial charge in [0.05, 0.1) is 6.10 Å². The predicted octanol–water partition coefficient (Wildman–Crippen LogP) is 1.67. The van der Waals surface area contributed by atoms with Crippen LogP contribution in [-0.2, 0) is 0 Å². The summed E-state index contributed by atoms with van der Waals surface area (Å²) in [5, 5.41) is 12.4. The Labute approximate surface area is 103 Å². The summed E-state index contributed by atoms with van der Waals surface area (Å²) >= 11 is 3.28. The number of H-pyrrole nitrogens is 1. The van der Waals surface area contributed by atoms with Crippen molar-refractivity contribution in [3.63, 3.8) is 0 Å². The lowest BCUT2D eigenvalue weighted by Gasteiger charge is -2.14. The van der Waals surface area contributed by atoms with Crippen LogP contribution in [0, 0.1) is 5.92 Å². The van der Waals surface area contributed by atoms with E-state index < -0.39 is 0 Å². The maximum Gasteiger partial charge on any atom is 0.267 e. The van der Waals surface area contributed by atoms with Crippen molar-refractivity contribution in [1.82, 2.24) is 10.3 Å². The number of hydrogen-bond donors (Lipinski definition) is 3. The molecule has 1 aromatic rings. The number of aliphatic hydroxyl groups is 1. The highest BCUT2D eigenvalue weighted by molar-refractivity contribution is 9.10. The number of aromatic nitrogens is 1. The SMILES string of the molecule is O=C(NCC1CCCC1O)c1cc(Br)c[nH]1. The Kier molecular flexibility index (Phi) is 3.66. The van der Waals surface area contributed by atoms with E-state index in [9.17, 15) is 9.90 Å². The fraction of sp³-hybridized carbons (Fsp3) is 0.545. The third-order valence-corrected chi connectivity index (χ3v) is 3.49. The highest BCUT2D eigenvalue weighted by Gasteiger charge is 2.25. The molecule has 3 N–H and O–H groups in total. The van der Waals surface area contributed by atoms with Crippen molar-refractivity contribution < 1.29 is 9.90 Å². The van der Waals surface area contributed by atoms with Crippen molar-refractivity contribution in [1.29, 1.82) is 0 Å². The van der Waals surface area contributed by atoms with E-state index in [0.717, 1.165) is 23.7 Å². The van der Waals surface area contributed by atoms with E-state index in [2.05, 4.69) is 26.2 Å². The molecule has 1 aromatic heterocycles. The lowest BCUT2D eigenvalue weighted by molar-refractivity contribution is 0.0912. The van der Waals surface area contributed by atoms with Crippen LogP contribution in [0.15, 0.2) is 16.7 Å². The first-order valence-corrected chi connectivity index (χ1v) is 6.26. The quantitative estimate of drug-likeness (QED) is 0.791. The number of carbonyl (C=O) groups excluding carboxylic acids is 1. The largest absolute Gasteiger partial charge is 0.393 e. The van der Waals surface area contributed by atoms with E-state index in [1.54, 1.807) is 12.3 Å². The molecule has 2 rings (SSSR count). The molecule has 1 saturated carbocycles. The van der Waals surface area contributed by atoms with E-state index >= 15 is 0 Å². The molecular weight excluding hydrogens is 272 g/mol. The number of carbonyl (C=O) groups is 1. The summed E-state index contributed by atoms with van der Waals surface area (Å²) in [4.78, 5) is 14.5. The third kappa shape index (κ3) is 2.65. The van der Waals surface area contributed by atoms with Gasteiger partial charge in [-0.1, -0.05) is 6.42 Å². The van der Waals surface area contributed by atoms with Gasteiger partial charge in [0.1, 0.15) is 5.69 Å². The first-order chi connectivity index (χ1) is 7.66. The van der Waals surface area contributed by atoms with Gasteiger partial charge in [0.15, 0.2) is 0 Å². The third-order valence-electron chi connectivity index (χ3n) is 3.04. The second-order valence-corrected chi connectivity index (χ2v) is 5.12. The number of aliphatic hydroxyl groups excluding tert-OH is 1. The predicted molar refractivity (Wildman–Crippen MR) is 64.2 cm³/mol. The van der Waals surface area contributed by atoms with Gasteiger partial charge in [0, 0.05) is 23.1 Å². The zero-order chi connectivity index (χ0) is 11.5. The maximum atomic E-state index is 11.7. The number of rotatable bonds is 3. The second-order valence-electron chi connectivity index (χ2n) is 4.20. The Balaban J connectivity index is 1.84. The molecule has 0 spiro atoms. The van der Waals surface area contributed by atoms with Gasteiger partial charge in [-0.25, -0.2) is 0 Å². The molecule has 0 aliphatic heterocycles. The summed E-state index contributed by atoms with van der Waals surface area (Å²) in [6.07, 6.45) is 4.37. The Morgan fingerprint density at radius 3 is 3.00 bits per heavy atom. The Morgan fingerprint density at radius 2 is 2.44 bits per heavy atom. The van der Waals surface area contributed by atoms with Crippen LogP contribution in [0.4, 0.5) is 0 Å². The highest BCUT2D eigenvalue weighted by Crippen LogP contribution is 2.24. The van der Waals surface area contributed by atoms with Crippen LogP contribution in [0.5, 0.6) is 0 Å². The van der Waals surface area contributed by atoms with Gasteiger partial charge in [0.25, 0.3) is 5.91 Å². The van der Waals surface area contributed by atoms with Crippen molar-refractivity contribution in [2.75, 3.05) is 6.54 Å². The lowest BCUT2D eigenvalue weighted by Crippen LogP contribution is -2.32. The van der Waals surface area contributed by atoms with Gasteiger partial charge >= 0.3 is 0 Å². The average Bonchev–Trinajstić information content (AvgIpc) is 2.84. The molecule has 88 valence electrons. The van der Waals surface area contributed by atoms with Crippen LogP contribution in [0.2, 0.25) is 0 Å². The van der Waals surface area contributed by atoms with Crippen molar-refractivity contribution in [2.45, 2.75) is 25.4 Å². The molecule has 0 radical (unpaired) electrons. The first kappa shape index (κ1) is 11.7. The molecule has 0 saturated heterocycles. The molecular formula is C11H15BrN2O2. The molecule has 4 nitrogen and oxygen atoms in total. The smallest absolute Gasteiger partial charge is 0.267 e. The van der Waals surface area contributed by atoms with E-state index in [1.807, 2.05) is 0 Å². The molecule has 2 atom stereocenters. The summed E-state index contributed by atoms with van der Waals surface area (Å²) in [5.41, 5.74) is 0.541. The van der Waals surface area contributed by atoms with E-state index in [-0.39, 0.29) is 17.9 Å². The van der Waals surface area contributed by atoms with Crippen LogP contribution in [0.3, 0.4) is 0 Å². The van der Waals surface area contributed by atoms with Gasteiger partial charge in [-0.2, -0.15) is 0 Å². The molecule has 0 bridgehead atoms. The minimum atomic E-state index is -0.254. The summed E-state index contributed by atoms with van der Waals surface area (Å²) < 4.78 is 0.860. The Bertz CT molecular complexity index is 378. The summed E-state index contributed by atoms with van der Waals surface area (Å²) in [6, 6.07) is 1.74. The van der Waals surface area contributed by atoms with Gasteiger partial charge in [0.2, 0.25) is 0 Å². The maximum absolute atomic E-state index is 11.7. The molecule has 1 heterocycles. The molecule has 1 aliphatic carbocycles. The van der Waals surface area contributed by atoms with Crippen LogP contribution in [0.25, 0.3) is 0 Å². The number of hydrogen-bond acceptors (Lipinski definition) is 2.